The molecule has 0 spiro atoms. The minimum Gasteiger partial charge on any atom is -0.329 e. The molecule has 2 heteroatoms. The number of hydrogen-bond acceptors (Lipinski definition) is 2. The van der Waals surface area contributed by atoms with Crippen LogP contribution in [0, 0.1) is 17.8 Å². The van der Waals surface area contributed by atoms with Crippen molar-refractivity contribution < 1.29 is 0 Å². The van der Waals surface area contributed by atoms with Gasteiger partial charge in [-0.2, -0.15) is 0 Å². The summed E-state index contributed by atoms with van der Waals surface area (Å²) in [5, 5.41) is 3.77. The van der Waals surface area contributed by atoms with E-state index < -0.39 is 0 Å². The molecular weight excluding hydrogens is 196 g/mol. The summed E-state index contributed by atoms with van der Waals surface area (Å²) in [5.74, 6) is 2.74. The van der Waals surface area contributed by atoms with E-state index in [1.165, 1.54) is 38.5 Å². The minimum atomic E-state index is 0.274. The molecular formula is C14H28N2. The smallest absolute Gasteiger partial charge is 0.0306 e. The van der Waals surface area contributed by atoms with Gasteiger partial charge in [0.2, 0.25) is 0 Å². The Morgan fingerprint density at radius 3 is 2.56 bits per heavy atom. The molecule has 0 aliphatic heterocycles. The predicted molar refractivity (Wildman–Crippen MR) is 69.3 cm³/mol. The van der Waals surface area contributed by atoms with E-state index in [4.69, 9.17) is 5.73 Å². The topological polar surface area (TPSA) is 38.0 Å². The van der Waals surface area contributed by atoms with Gasteiger partial charge in [0, 0.05) is 12.1 Å². The average Bonchev–Trinajstić information content (AvgIpc) is 3.11. The second kappa shape index (κ2) is 5.05. The van der Waals surface area contributed by atoms with Gasteiger partial charge in [-0.05, 0) is 50.0 Å². The molecule has 0 heterocycles. The molecule has 2 aliphatic carbocycles. The Balaban J connectivity index is 1.90. The highest BCUT2D eigenvalue weighted by atomic mass is 15.0. The Kier molecular flexibility index (Phi) is 3.91. The molecule has 0 saturated heterocycles. The summed E-state index contributed by atoms with van der Waals surface area (Å²) in [6.45, 7) is 6.49. The maximum Gasteiger partial charge on any atom is 0.0306 e. The van der Waals surface area contributed by atoms with Gasteiger partial charge in [-0.25, -0.2) is 0 Å². The summed E-state index contributed by atoms with van der Waals surface area (Å²) >= 11 is 0. The molecule has 2 aliphatic rings. The van der Waals surface area contributed by atoms with Crippen LogP contribution in [0.2, 0.25) is 0 Å². The third-order valence-electron chi connectivity index (χ3n) is 4.45. The summed E-state index contributed by atoms with van der Waals surface area (Å²) in [6, 6.07) is 0. The average molecular weight is 224 g/mol. The van der Waals surface area contributed by atoms with Crippen molar-refractivity contribution >= 4 is 0 Å². The van der Waals surface area contributed by atoms with Crippen LogP contribution in [0.3, 0.4) is 0 Å². The second-order valence-electron chi connectivity index (χ2n) is 6.45. The summed E-state index contributed by atoms with van der Waals surface area (Å²) in [6.07, 6.45) is 8.42. The number of rotatable bonds is 5. The van der Waals surface area contributed by atoms with Crippen LogP contribution in [0.5, 0.6) is 0 Å². The fraction of sp³-hybridized carbons (Fsp3) is 1.00. The van der Waals surface area contributed by atoms with E-state index in [1.807, 2.05) is 0 Å². The first-order valence-corrected chi connectivity index (χ1v) is 7.10. The minimum absolute atomic E-state index is 0.274. The highest BCUT2D eigenvalue weighted by Crippen LogP contribution is 2.46. The third kappa shape index (κ3) is 2.98. The van der Waals surface area contributed by atoms with E-state index in [0.717, 1.165) is 30.8 Å². The number of nitrogens with one attached hydrogen (secondary N) is 1. The van der Waals surface area contributed by atoms with Crippen molar-refractivity contribution in [3.05, 3.63) is 0 Å². The van der Waals surface area contributed by atoms with Gasteiger partial charge in [-0.3, -0.25) is 0 Å². The molecule has 2 rings (SSSR count). The standard InChI is InChI=1S/C14H28N2/c1-11(2)9-16-14(10-15)7-3-4-13(8-14)12-5-6-12/h11-13,16H,3-10,15H2,1-2H3. The van der Waals surface area contributed by atoms with Gasteiger partial charge in [0.25, 0.3) is 0 Å². The normalized spacial score (nSPS) is 35.6. The van der Waals surface area contributed by atoms with Gasteiger partial charge >= 0.3 is 0 Å². The maximum absolute atomic E-state index is 6.04. The molecule has 2 atom stereocenters. The lowest BCUT2D eigenvalue weighted by molar-refractivity contribution is 0.165. The van der Waals surface area contributed by atoms with Crippen LogP contribution in [0.1, 0.15) is 52.4 Å². The van der Waals surface area contributed by atoms with Crippen molar-refractivity contribution in [3.8, 4) is 0 Å². The van der Waals surface area contributed by atoms with Crippen molar-refractivity contribution in [1.29, 1.82) is 0 Å². The van der Waals surface area contributed by atoms with E-state index in [-0.39, 0.29) is 5.54 Å². The summed E-state index contributed by atoms with van der Waals surface area (Å²) < 4.78 is 0. The van der Waals surface area contributed by atoms with E-state index in [0.29, 0.717) is 0 Å². The molecule has 94 valence electrons. The lowest BCUT2D eigenvalue weighted by atomic mass is 9.73. The highest BCUT2D eigenvalue weighted by molar-refractivity contribution is 4.98. The molecule has 0 amide bonds. The third-order valence-corrected chi connectivity index (χ3v) is 4.45. The number of nitrogens with two attached hydrogens (primary N) is 1. The first-order valence-electron chi connectivity index (χ1n) is 7.10. The molecule has 2 saturated carbocycles. The molecule has 0 aromatic heterocycles. The van der Waals surface area contributed by atoms with Crippen LogP contribution < -0.4 is 11.1 Å². The Morgan fingerprint density at radius 1 is 1.25 bits per heavy atom. The van der Waals surface area contributed by atoms with E-state index in [9.17, 15) is 0 Å². The molecule has 3 N–H and O–H groups in total. The zero-order valence-electron chi connectivity index (χ0n) is 11.0. The van der Waals surface area contributed by atoms with Crippen molar-refractivity contribution in [1.82, 2.24) is 5.32 Å². The van der Waals surface area contributed by atoms with Crippen LogP contribution in [-0.2, 0) is 0 Å². The first kappa shape index (κ1) is 12.4. The lowest BCUT2D eigenvalue weighted by Crippen LogP contribution is -2.55. The van der Waals surface area contributed by atoms with Crippen LogP contribution in [0.15, 0.2) is 0 Å². The van der Waals surface area contributed by atoms with Gasteiger partial charge < -0.3 is 11.1 Å². The van der Waals surface area contributed by atoms with Crippen LogP contribution in [0.25, 0.3) is 0 Å². The SMILES string of the molecule is CC(C)CNC1(CN)CCCC(C2CC2)C1. The highest BCUT2D eigenvalue weighted by Gasteiger charge is 2.40. The first-order chi connectivity index (χ1) is 7.65. The van der Waals surface area contributed by atoms with E-state index >= 15 is 0 Å². The molecule has 2 nitrogen and oxygen atoms in total. The monoisotopic (exact) mass is 224 g/mol. The zero-order valence-corrected chi connectivity index (χ0v) is 11.0. The van der Waals surface area contributed by atoms with Crippen molar-refractivity contribution in [2.45, 2.75) is 57.9 Å². The number of hydrogen-bond donors (Lipinski definition) is 2. The second-order valence-corrected chi connectivity index (χ2v) is 6.45. The zero-order chi connectivity index (χ0) is 11.6. The molecule has 0 aromatic carbocycles. The van der Waals surface area contributed by atoms with E-state index in [2.05, 4.69) is 19.2 Å². The molecule has 0 aromatic rings. The molecule has 16 heavy (non-hydrogen) atoms. The van der Waals surface area contributed by atoms with Crippen LogP contribution in [0.4, 0.5) is 0 Å². The van der Waals surface area contributed by atoms with Gasteiger partial charge in [-0.1, -0.05) is 26.7 Å². The van der Waals surface area contributed by atoms with Gasteiger partial charge in [0.05, 0.1) is 0 Å². The predicted octanol–water partition coefficient (Wildman–Crippen LogP) is 2.53. The Bertz CT molecular complexity index is 223. The summed E-state index contributed by atoms with van der Waals surface area (Å²) in [7, 11) is 0. The fourth-order valence-electron chi connectivity index (χ4n) is 3.22. The maximum atomic E-state index is 6.04. The molecule has 2 fully saturated rings. The Hall–Kier alpha value is -0.0800. The van der Waals surface area contributed by atoms with Crippen molar-refractivity contribution in [2.24, 2.45) is 23.5 Å². The Labute approximate surface area is 100 Å². The fourth-order valence-corrected chi connectivity index (χ4v) is 3.22. The molecule has 0 radical (unpaired) electrons. The van der Waals surface area contributed by atoms with Crippen LogP contribution in [-0.4, -0.2) is 18.6 Å². The van der Waals surface area contributed by atoms with Crippen molar-refractivity contribution in [3.63, 3.8) is 0 Å². The van der Waals surface area contributed by atoms with Crippen molar-refractivity contribution in [2.75, 3.05) is 13.1 Å². The van der Waals surface area contributed by atoms with Gasteiger partial charge in [-0.15, -0.1) is 0 Å². The largest absolute Gasteiger partial charge is 0.329 e. The molecule has 2 unspecified atom stereocenters. The van der Waals surface area contributed by atoms with E-state index in [1.54, 1.807) is 0 Å². The van der Waals surface area contributed by atoms with Crippen LogP contribution >= 0.6 is 0 Å². The van der Waals surface area contributed by atoms with Gasteiger partial charge in [0.15, 0.2) is 0 Å². The quantitative estimate of drug-likeness (QED) is 0.753. The Morgan fingerprint density at radius 2 is 2.00 bits per heavy atom. The van der Waals surface area contributed by atoms with Gasteiger partial charge in [0.1, 0.15) is 0 Å². The molecule has 0 bridgehead atoms. The lowest BCUT2D eigenvalue weighted by Gasteiger charge is -2.42. The summed E-state index contributed by atoms with van der Waals surface area (Å²) in [5.41, 5.74) is 6.32. The summed E-state index contributed by atoms with van der Waals surface area (Å²) in [4.78, 5) is 0.